The van der Waals surface area contributed by atoms with Crippen LogP contribution < -0.4 is 10.1 Å². The van der Waals surface area contributed by atoms with Crippen molar-refractivity contribution in [3.05, 3.63) is 62.7 Å². The smallest absolute Gasteiger partial charge is 0.293 e. The lowest BCUT2D eigenvalue weighted by atomic mass is 10.0. The Morgan fingerprint density at radius 3 is 2.73 bits per heavy atom. The molecule has 0 aromatic heterocycles. The molecule has 1 amide bonds. The normalized spacial score (nSPS) is 18.7. The Bertz CT molecular complexity index is 962. The minimum Gasteiger partial charge on any atom is -0.493 e. The highest BCUT2D eigenvalue weighted by Crippen LogP contribution is 2.37. The largest absolute Gasteiger partial charge is 0.493 e. The molecule has 2 heterocycles. The number of rotatable bonds is 4. The molecule has 1 unspecified atom stereocenters. The van der Waals surface area contributed by atoms with E-state index < -0.39 is 4.92 Å². The molecule has 2 aromatic rings. The van der Waals surface area contributed by atoms with Crippen molar-refractivity contribution in [1.29, 1.82) is 0 Å². The number of nitrogens with one attached hydrogen (secondary N) is 1. The van der Waals surface area contributed by atoms with Crippen LogP contribution in [0.5, 0.6) is 5.75 Å². The summed E-state index contributed by atoms with van der Waals surface area (Å²) in [6.45, 7) is 2.46. The van der Waals surface area contributed by atoms with E-state index in [-0.39, 0.29) is 17.6 Å². The molecule has 2 aliphatic heterocycles. The van der Waals surface area contributed by atoms with Crippen molar-refractivity contribution in [3.63, 3.8) is 0 Å². The zero-order valence-corrected chi connectivity index (χ0v) is 17.1. The summed E-state index contributed by atoms with van der Waals surface area (Å²) in [7, 11) is 0. The monoisotopic (exact) mass is 431 g/mol. The van der Waals surface area contributed by atoms with Gasteiger partial charge in [-0.15, -0.1) is 0 Å². The quantitative estimate of drug-likeness (QED) is 0.579. The molecular formula is C21H22ClN3O5. The Balaban J connectivity index is 1.61. The number of nitro groups is 1. The van der Waals surface area contributed by atoms with Gasteiger partial charge in [0, 0.05) is 35.3 Å². The van der Waals surface area contributed by atoms with Gasteiger partial charge in [0.2, 0.25) is 0 Å². The highest BCUT2D eigenvalue weighted by Gasteiger charge is 2.26. The lowest BCUT2D eigenvalue weighted by Gasteiger charge is -2.27. The molecule has 1 atom stereocenters. The third kappa shape index (κ3) is 4.34. The zero-order valence-electron chi connectivity index (χ0n) is 16.3. The molecule has 0 bridgehead atoms. The highest BCUT2D eigenvalue weighted by molar-refractivity contribution is 6.30. The van der Waals surface area contributed by atoms with Crippen molar-refractivity contribution in [2.45, 2.75) is 18.9 Å². The van der Waals surface area contributed by atoms with E-state index in [4.69, 9.17) is 21.1 Å². The molecular weight excluding hydrogens is 410 g/mol. The Hall–Kier alpha value is -2.84. The summed E-state index contributed by atoms with van der Waals surface area (Å²) in [5.41, 5.74) is 1.44. The third-order valence-electron chi connectivity index (χ3n) is 5.32. The number of nitrogens with zero attached hydrogens (tertiary/aromatic N) is 2. The minimum absolute atomic E-state index is 0.130. The Morgan fingerprint density at radius 1 is 1.17 bits per heavy atom. The third-order valence-corrected chi connectivity index (χ3v) is 5.55. The van der Waals surface area contributed by atoms with Gasteiger partial charge in [-0.05, 0) is 37.1 Å². The Labute approximate surface area is 178 Å². The number of hydrogen-bond donors (Lipinski definition) is 1. The minimum atomic E-state index is -0.464. The van der Waals surface area contributed by atoms with Gasteiger partial charge < -0.3 is 19.7 Å². The Morgan fingerprint density at radius 2 is 1.97 bits per heavy atom. The van der Waals surface area contributed by atoms with Crippen LogP contribution >= 0.6 is 11.6 Å². The van der Waals surface area contributed by atoms with E-state index >= 15 is 0 Å². The van der Waals surface area contributed by atoms with E-state index in [9.17, 15) is 14.9 Å². The average Bonchev–Trinajstić information content (AvgIpc) is 2.95. The van der Waals surface area contributed by atoms with Gasteiger partial charge in [-0.25, -0.2) is 0 Å². The summed E-state index contributed by atoms with van der Waals surface area (Å²) in [5, 5.41) is 15.6. The van der Waals surface area contributed by atoms with Crippen LogP contribution in [0.25, 0.3) is 0 Å². The first-order chi connectivity index (χ1) is 14.5. The number of nitro benzene ring substituents is 1. The molecule has 0 saturated carbocycles. The van der Waals surface area contributed by atoms with Gasteiger partial charge >= 0.3 is 0 Å². The van der Waals surface area contributed by atoms with Gasteiger partial charge in [0.25, 0.3) is 11.6 Å². The van der Waals surface area contributed by atoms with E-state index in [0.717, 1.165) is 18.4 Å². The average molecular weight is 432 g/mol. The van der Waals surface area contributed by atoms with E-state index in [2.05, 4.69) is 5.32 Å². The second kappa shape index (κ2) is 8.89. The molecule has 8 nitrogen and oxygen atoms in total. The summed E-state index contributed by atoms with van der Waals surface area (Å²) in [6, 6.07) is 9.83. The molecule has 158 valence electrons. The zero-order chi connectivity index (χ0) is 21.1. The van der Waals surface area contributed by atoms with E-state index in [1.807, 2.05) is 6.07 Å². The number of morpholine rings is 1. The fraction of sp³-hybridized carbons (Fsp3) is 0.381. The van der Waals surface area contributed by atoms with Crippen LogP contribution in [0.2, 0.25) is 5.02 Å². The SMILES string of the molecule is O=C(c1ccc(NC2CCCOc3cc(Cl)ccc32)c([N+](=O)[O-])c1)N1CCOCC1. The van der Waals surface area contributed by atoms with Crippen LogP contribution in [0.4, 0.5) is 11.4 Å². The van der Waals surface area contributed by atoms with Crippen LogP contribution in [-0.4, -0.2) is 48.6 Å². The predicted octanol–water partition coefficient (Wildman–Crippen LogP) is 4.05. The van der Waals surface area contributed by atoms with Crippen molar-refractivity contribution in [3.8, 4) is 5.75 Å². The summed E-state index contributed by atoms with van der Waals surface area (Å²) in [6.07, 6.45) is 1.55. The predicted molar refractivity (Wildman–Crippen MR) is 112 cm³/mol. The first-order valence-corrected chi connectivity index (χ1v) is 10.2. The highest BCUT2D eigenvalue weighted by atomic mass is 35.5. The van der Waals surface area contributed by atoms with Crippen LogP contribution in [0.15, 0.2) is 36.4 Å². The summed E-state index contributed by atoms with van der Waals surface area (Å²) >= 11 is 6.08. The molecule has 0 spiro atoms. The van der Waals surface area contributed by atoms with Crippen molar-refractivity contribution in [2.24, 2.45) is 0 Å². The molecule has 0 aliphatic carbocycles. The molecule has 9 heteroatoms. The van der Waals surface area contributed by atoms with E-state index in [1.165, 1.54) is 6.07 Å². The summed E-state index contributed by atoms with van der Waals surface area (Å²) < 4.78 is 11.0. The number of carbonyl (C=O) groups excluding carboxylic acids is 1. The summed E-state index contributed by atoms with van der Waals surface area (Å²) in [5.74, 6) is 0.454. The number of hydrogen-bond acceptors (Lipinski definition) is 6. The number of halogens is 1. The second-order valence-electron chi connectivity index (χ2n) is 7.26. The standard InChI is InChI=1S/C21H22ClN3O5/c22-15-4-5-16-17(2-1-9-30-20(16)13-15)23-18-6-3-14(12-19(18)25(27)28)21(26)24-7-10-29-11-8-24/h3-6,12-13,17,23H,1-2,7-11H2. The van der Waals surface area contributed by atoms with Crippen molar-refractivity contribution in [1.82, 2.24) is 4.90 Å². The topological polar surface area (TPSA) is 93.9 Å². The van der Waals surface area contributed by atoms with Gasteiger partial charge in [0.1, 0.15) is 11.4 Å². The number of fused-ring (bicyclic) bond motifs is 1. The molecule has 1 N–H and O–H groups in total. The number of carbonyl (C=O) groups is 1. The van der Waals surface area contributed by atoms with Crippen LogP contribution in [-0.2, 0) is 4.74 Å². The first-order valence-electron chi connectivity index (χ1n) is 9.87. The Kier molecular flexibility index (Phi) is 6.06. The van der Waals surface area contributed by atoms with Gasteiger partial charge in [-0.3, -0.25) is 14.9 Å². The van der Waals surface area contributed by atoms with Crippen molar-refractivity contribution in [2.75, 3.05) is 38.2 Å². The van der Waals surface area contributed by atoms with E-state index in [0.29, 0.717) is 54.9 Å². The van der Waals surface area contributed by atoms with Crippen LogP contribution in [0, 0.1) is 10.1 Å². The molecule has 1 fully saturated rings. The molecule has 2 aromatic carbocycles. The number of benzene rings is 2. The van der Waals surface area contributed by atoms with Gasteiger partial charge in [0.15, 0.2) is 0 Å². The molecule has 4 rings (SSSR count). The summed E-state index contributed by atoms with van der Waals surface area (Å²) in [4.78, 5) is 25.7. The van der Waals surface area contributed by atoms with Crippen molar-refractivity contribution < 1.29 is 19.2 Å². The maximum absolute atomic E-state index is 12.7. The molecule has 2 aliphatic rings. The second-order valence-corrected chi connectivity index (χ2v) is 7.70. The van der Waals surface area contributed by atoms with Gasteiger partial charge in [0.05, 0.1) is 30.8 Å². The van der Waals surface area contributed by atoms with Crippen molar-refractivity contribution >= 4 is 28.9 Å². The van der Waals surface area contributed by atoms with Gasteiger partial charge in [-0.1, -0.05) is 17.7 Å². The maximum atomic E-state index is 12.7. The lowest BCUT2D eigenvalue weighted by molar-refractivity contribution is -0.384. The number of ether oxygens (including phenoxy) is 2. The lowest BCUT2D eigenvalue weighted by Crippen LogP contribution is -2.40. The van der Waals surface area contributed by atoms with Crippen LogP contribution in [0.1, 0.15) is 34.8 Å². The van der Waals surface area contributed by atoms with E-state index in [1.54, 1.807) is 29.2 Å². The molecule has 1 saturated heterocycles. The fourth-order valence-electron chi connectivity index (χ4n) is 3.77. The van der Waals surface area contributed by atoms with Gasteiger partial charge in [-0.2, -0.15) is 0 Å². The molecule has 30 heavy (non-hydrogen) atoms. The molecule has 0 radical (unpaired) electrons. The fourth-order valence-corrected chi connectivity index (χ4v) is 3.93. The maximum Gasteiger partial charge on any atom is 0.293 e. The first kappa shape index (κ1) is 20.4. The number of anilines is 1. The van der Waals surface area contributed by atoms with Crippen LogP contribution in [0.3, 0.4) is 0 Å². The number of amides is 1.